The van der Waals surface area contributed by atoms with Gasteiger partial charge < -0.3 is 20.8 Å². The number of rotatable bonds is 8. The van der Waals surface area contributed by atoms with Crippen LogP contribution in [0.4, 0.5) is 0 Å². The zero-order valence-corrected chi connectivity index (χ0v) is 19.4. The van der Waals surface area contributed by atoms with E-state index in [0.29, 0.717) is 12.2 Å². The normalized spacial score (nSPS) is 13.0. The minimum atomic E-state index is -0.603. The molecule has 5 rings (SSSR count). The van der Waals surface area contributed by atoms with Crippen LogP contribution < -0.4 is 15.8 Å². The average Bonchev–Trinajstić information content (AvgIpc) is 3.29. The Balaban J connectivity index is 1.34. The van der Waals surface area contributed by atoms with Crippen LogP contribution in [-0.4, -0.2) is 39.5 Å². The molecule has 0 bridgehead atoms. The van der Waals surface area contributed by atoms with E-state index in [1.54, 1.807) is 19.3 Å². The second-order valence-electron chi connectivity index (χ2n) is 8.72. The predicted molar refractivity (Wildman–Crippen MR) is 138 cm³/mol. The van der Waals surface area contributed by atoms with Gasteiger partial charge in [0, 0.05) is 46.6 Å². The van der Waals surface area contributed by atoms with E-state index in [4.69, 9.17) is 10.5 Å². The summed E-state index contributed by atoms with van der Waals surface area (Å²) in [6.07, 6.45) is 9.72. The first-order valence-corrected chi connectivity index (χ1v) is 11.6. The molecule has 176 valence electrons. The number of hydrogen-bond donors (Lipinski definition) is 3. The summed E-state index contributed by atoms with van der Waals surface area (Å²) in [5.74, 6) is 0.423. The van der Waals surface area contributed by atoms with Gasteiger partial charge >= 0.3 is 0 Å². The van der Waals surface area contributed by atoms with Gasteiger partial charge in [0.15, 0.2) is 0 Å². The van der Waals surface area contributed by atoms with Gasteiger partial charge in [-0.05, 0) is 54.1 Å². The standard InChI is InChI=1S/C28H27N5O2/c1-18(29)28(34)33-24(11-23-15-32-27-5-3-2-4-26(23)27)17-35-25-12-22(14-31-16-25)19-6-7-21-13-30-9-8-20(21)10-19/h2-10,12-16,18,24,32H,11,17,29H2,1H3,(H,33,34)/t18-,24-/m0/s1. The van der Waals surface area contributed by atoms with Gasteiger partial charge in [0.25, 0.3) is 0 Å². The molecule has 7 nitrogen and oxygen atoms in total. The molecule has 0 aliphatic heterocycles. The Morgan fingerprint density at radius 2 is 1.91 bits per heavy atom. The van der Waals surface area contributed by atoms with Crippen molar-refractivity contribution in [2.45, 2.75) is 25.4 Å². The van der Waals surface area contributed by atoms with Crippen molar-refractivity contribution >= 4 is 27.6 Å². The Kier molecular flexibility index (Phi) is 6.41. The van der Waals surface area contributed by atoms with Crippen molar-refractivity contribution in [3.63, 3.8) is 0 Å². The SMILES string of the molecule is C[C@H](N)C(=O)N[C@H](COc1cncc(-c2ccc3cnccc3c2)c1)Cc1c[nH]c2ccccc12. The van der Waals surface area contributed by atoms with E-state index in [1.165, 1.54) is 0 Å². The summed E-state index contributed by atoms with van der Waals surface area (Å²) < 4.78 is 6.12. The number of fused-ring (bicyclic) bond motifs is 2. The van der Waals surface area contributed by atoms with Crippen LogP contribution in [0.3, 0.4) is 0 Å². The molecule has 3 aromatic heterocycles. The monoisotopic (exact) mass is 465 g/mol. The van der Waals surface area contributed by atoms with Gasteiger partial charge in [-0.1, -0.05) is 30.3 Å². The molecular weight excluding hydrogens is 438 g/mol. The summed E-state index contributed by atoms with van der Waals surface area (Å²) in [5, 5.41) is 6.35. The molecule has 4 N–H and O–H groups in total. The van der Waals surface area contributed by atoms with Crippen molar-refractivity contribution in [2.24, 2.45) is 5.73 Å². The maximum Gasteiger partial charge on any atom is 0.236 e. The molecular formula is C28H27N5O2. The van der Waals surface area contributed by atoms with Crippen LogP contribution >= 0.6 is 0 Å². The van der Waals surface area contributed by atoms with Gasteiger partial charge in [0.2, 0.25) is 5.91 Å². The Morgan fingerprint density at radius 1 is 1.03 bits per heavy atom. The van der Waals surface area contributed by atoms with Crippen molar-refractivity contribution < 1.29 is 9.53 Å². The van der Waals surface area contributed by atoms with Crippen molar-refractivity contribution in [1.29, 1.82) is 0 Å². The Bertz CT molecular complexity index is 1480. The highest BCUT2D eigenvalue weighted by molar-refractivity contribution is 5.86. The van der Waals surface area contributed by atoms with E-state index in [0.717, 1.165) is 38.4 Å². The molecule has 0 saturated carbocycles. The maximum atomic E-state index is 12.4. The number of pyridine rings is 2. The third kappa shape index (κ3) is 5.15. The number of aromatic amines is 1. The molecule has 1 amide bonds. The van der Waals surface area contributed by atoms with Crippen molar-refractivity contribution in [2.75, 3.05) is 6.61 Å². The van der Waals surface area contributed by atoms with Crippen molar-refractivity contribution in [3.8, 4) is 16.9 Å². The van der Waals surface area contributed by atoms with E-state index in [-0.39, 0.29) is 18.6 Å². The lowest BCUT2D eigenvalue weighted by atomic mass is 10.0. The van der Waals surface area contributed by atoms with Gasteiger partial charge in [-0.25, -0.2) is 0 Å². The molecule has 2 atom stereocenters. The minimum absolute atomic E-state index is 0.212. The van der Waals surface area contributed by atoms with Gasteiger partial charge in [0.1, 0.15) is 12.4 Å². The topological polar surface area (TPSA) is 106 Å². The van der Waals surface area contributed by atoms with Crippen molar-refractivity contribution in [3.05, 3.63) is 91.1 Å². The van der Waals surface area contributed by atoms with E-state index in [9.17, 15) is 4.79 Å². The zero-order valence-electron chi connectivity index (χ0n) is 19.4. The molecule has 2 aromatic carbocycles. The number of ether oxygens (including phenoxy) is 1. The fourth-order valence-electron chi connectivity index (χ4n) is 4.17. The third-order valence-corrected chi connectivity index (χ3v) is 6.04. The summed E-state index contributed by atoms with van der Waals surface area (Å²) in [7, 11) is 0. The smallest absolute Gasteiger partial charge is 0.236 e. The zero-order chi connectivity index (χ0) is 24.2. The number of hydrogen-bond acceptors (Lipinski definition) is 5. The molecule has 0 aliphatic rings. The van der Waals surface area contributed by atoms with E-state index in [1.807, 2.05) is 61.1 Å². The number of nitrogens with one attached hydrogen (secondary N) is 2. The number of benzene rings is 2. The molecule has 0 aliphatic carbocycles. The Hall–Kier alpha value is -4.23. The molecule has 7 heteroatoms. The lowest BCUT2D eigenvalue weighted by Gasteiger charge is -2.20. The number of nitrogens with zero attached hydrogens (tertiary/aromatic N) is 2. The summed E-state index contributed by atoms with van der Waals surface area (Å²) in [6.45, 7) is 1.96. The van der Waals surface area contributed by atoms with Gasteiger partial charge in [-0.3, -0.25) is 14.8 Å². The lowest BCUT2D eigenvalue weighted by molar-refractivity contribution is -0.122. The molecule has 3 heterocycles. The first-order valence-electron chi connectivity index (χ1n) is 11.6. The molecule has 0 fully saturated rings. The van der Waals surface area contributed by atoms with Crippen LogP contribution in [0.5, 0.6) is 5.75 Å². The molecule has 35 heavy (non-hydrogen) atoms. The number of carbonyl (C=O) groups excluding carboxylic acids is 1. The van der Waals surface area contributed by atoms with Crippen LogP contribution in [0.2, 0.25) is 0 Å². The van der Waals surface area contributed by atoms with Gasteiger partial charge in [-0.15, -0.1) is 0 Å². The van der Waals surface area contributed by atoms with Crippen LogP contribution in [0, 0.1) is 0 Å². The largest absolute Gasteiger partial charge is 0.490 e. The number of para-hydroxylation sites is 1. The molecule has 0 radical (unpaired) electrons. The number of nitrogens with two attached hydrogens (primary N) is 1. The highest BCUT2D eigenvalue weighted by Gasteiger charge is 2.18. The molecule has 5 aromatic rings. The van der Waals surface area contributed by atoms with E-state index < -0.39 is 6.04 Å². The van der Waals surface area contributed by atoms with Crippen LogP contribution in [0.25, 0.3) is 32.8 Å². The maximum absolute atomic E-state index is 12.4. The van der Waals surface area contributed by atoms with Gasteiger partial charge in [-0.2, -0.15) is 0 Å². The number of aromatic nitrogens is 3. The number of carbonyl (C=O) groups is 1. The van der Waals surface area contributed by atoms with Gasteiger partial charge in [0.05, 0.1) is 18.3 Å². The van der Waals surface area contributed by atoms with Crippen LogP contribution in [-0.2, 0) is 11.2 Å². The second-order valence-corrected chi connectivity index (χ2v) is 8.72. The molecule has 0 unspecified atom stereocenters. The number of H-pyrrole nitrogens is 1. The summed E-state index contributed by atoms with van der Waals surface area (Å²) in [6, 6.07) is 17.4. The average molecular weight is 466 g/mol. The van der Waals surface area contributed by atoms with E-state index >= 15 is 0 Å². The predicted octanol–water partition coefficient (Wildman–Crippen LogP) is 4.23. The fraction of sp³-hybridized carbons (Fsp3) is 0.179. The van der Waals surface area contributed by atoms with Crippen LogP contribution in [0.1, 0.15) is 12.5 Å². The Morgan fingerprint density at radius 3 is 2.80 bits per heavy atom. The van der Waals surface area contributed by atoms with E-state index in [2.05, 4.69) is 32.4 Å². The minimum Gasteiger partial charge on any atom is -0.490 e. The van der Waals surface area contributed by atoms with Crippen molar-refractivity contribution in [1.82, 2.24) is 20.3 Å². The first kappa shape index (κ1) is 22.6. The number of amides is 1. The highest BCUT2D eigenvalue weighted by Crippen LogP contribution is 2.26. The first-order chi connectivity index (χ1) is 17.1. The molecule has 0 saturated heterocycles. The summed E-state index contributed by atoms with van der Waals surface area (Å²) in [4.78, 5) is 24.2. The highest BCUT2D eigenvalue weighted by atomic mass is 16.5. The quantitative estimate of drug-likeness (QED) is 0.318. The molecule has 0 spiro atoms. The summed E-state index contributed by atoms with van der Waals surface area (Å²) in [5.41, 5.74) is 9.97. The fourth-order valence-corrected chi connectivity index (χ4v) is 4.17. The second kappa shape index (κ2) is 9.95. The third-order valence-electron chi connectivity index (χ3n) is 6.04. The summed E-state index contributed by atoms with van der Waals surface area (Å²) >= 11 is 0. The van der Waals surface area contributed by atoms with Crippen LogP contribution in [0.15, 0.2) is 85.6 Å². The Labute approximate surface area is 203 Å². The lowest BCUT2D eigenvalue weighted by Crippen LogP contribution is -2.47.